The van der Waals surface area contributed by atoms with Gasteiger partial charge in [-0.15, -0.1) is 0 Å². The van der Waals surface area contributed by atoms with Crippen LogP contribution in [0, 0.1) is 11.7 Å². The summed E-state index contributed by atoms with van der Waals surface area (Å²) in [6, 6.07) is 22.2. The number of amides is 1. The third-order valence-corrected chi connectivity index (χ3v) is 6.40. The van der Waals surface area contributed by atoms with Crippen LogP contribution in [-0.2, 0) is 17.9 Å². The minimum absolute atomic E-state index is 0.155. The average molecular weight is 567 g/mol. The van der Waals surface area contributed by atoms with Crippen LogP contribution in [0.4, 0.5) is 16.2 Å². The lowest BCUT2D eigenvalue weighted by Crippen LogP contribution is -2.40. The molecule has 0 aliphatic carbocycles. The zero-order valence-electron chi connectivity index (χ0n) is 21.7. The molecule has 0 fully saturated rings. The van der Waals surface area contributed by atoms with Gasteiger partial charge in [-0.2, -0.15) is 4.98 Å². The smallest absolute Gasteiger partial charge is 0.242 e. The van der Waals surface area contributed by atoms with Gasteiger partial charge in [-0.3, -0.25) is 4.79 Å². The third kappa shape index (κ3) is 8.67. The molecule has 1 heterocycles. The minimum Gasteiger partial charge on any atom is -0.358 e. The van der Waals surface area contributed by atoms with Crippen LogP contribution in [0.1, 0.15) is 31.4 Å². The van der Waals surface area contributed by atoms with Gasteiger partial charge in [0.2, 0.25) is 11.9 Å². The number of carbonyl (C=O) groups excluding carboxylic acids is 1. The molecule has 0 spiro atoms. The summed E-state index contributed by atoms with van der Waals surface area (Å²) in [6.07, 6.45) is 0.580. The maximum absolute atomic E-state index is 14.0. The van der Waals surface area contributed by atoms with Crippen LogP contribution < -0.4 is 16.0 Å². The molecule has 202 valence electrons. The molecule has 1 unspecified atom stereocenters. The molecule has 1 aromatic heterocycles. The average Bonchev–Trinajstić information content (AvgIpc) is 2.91. The summed E-state index contributed by atoms with van der Waals surface area (Å²) in [5.41, 5.74) is 3.01. The molecular formula is C30H30Cl2FN5O. The highest BCUT2D eigenvalue weighted by atomic mass is 35.5. The number of hydrogen-bond acceptors (Lipinski definition) is 5. The second-order valence-corrected chi connectivity index (χ2v) is 10.5. The lowest BCUT2D eigenvalue weighted by Gasteiger charge is -2.21. The number of rotatable bonds is 11. The van der Waals surface area contributed by atoms with E-state index in [2.05, 4.69) is 39.8 Å². The van der Waals surface area contributed by atoms with Crippen LogP contribution >= 0.6 is 23.2 Å². The van der Waals surface area contributed by atoms with Crippen molar-refractivity contribution in [3.8, 4) is 11.3 Å². The van der Waals surface area contributed by atoms with Gasteiger partial charge in [-0.1, -0.05) is 73.4 Å². The third-order valence-electron chi connectivity index (χ3n) is 5.91. The van der Waals surface area contributed by atoms with Crippen molar-refractivity contribution in [1.29, 1.82) is 0 Å². The Hall–Kier alpha value is -3.68. The predicted molar refractivity (Wildman–Crippen MR) is 156 cm³/mol. The normalized spacial score (nSPS) is 11.7. The van der Waals surface area contributed by atoms with Gasteiger partial charge in [-0.05, 0) is 59.9 Å². The van der Waals surface area contributed by atoms with Gasteiger partial charge in [0.25, 0.3) is 0 Å². The second-order valence-electron chi connectivity index (χ2n) is 9.63. The standard InChI is InChI=1S/C30H30Cl2FN5O/c1-19(2)13-27(29(39)34-17-20-9-11-23(31)12-10-20)36-28-16-26(22-6-4-8-25(33)15-22)37-30(38-28)35-18-21-5-3-7-24(32)14-21/h3-12,14-16,19,27H,13,17-18H2,1-2H3,(H,34,39)(H2,35,36,37,38). The summed E-state index contributed by atoms with van der Waals surface area (Å²) in [4.78, 5) is 22.5. The van der Waals surface area contributed by atoms with Gasteiger partial charge in [0.1, 0.15) is 17.7 Å². The first-order valence-electron chi connectivity index (χ1n) is 12.7. The summed E-state index contributed by atoms with van der Waals surface area (Å²) in [6.45, 7) is 4.91. The fourth-order valence-corrected chi connectivity index (χ4v) is 4.36. The van der Waals surface area contributed by atoms with Gasteiger partial charge in [-0.25, -0.2) is 9.37 Å². The van der Waals surface area contributed by atoms with Crippen LogP contribution in [0.2, 0.25) is 10.0 Å². The molecule has 0 saturated carbocycles. The van der Waals surface area contributed by atoms with E-state index in [-0.39, 0.29) is 17.6 Å². The molecule has 3 N–H and O–H groups in total. The SMILES string of the molecule is CC(C)CC(Nc1cc(-c2cccc(F)c2)nc(NCc2cccc(Cl)c2)n1)C(=O)NCc1ccc(Cl)cc1. The molecule has 1 atom stereocenters. The van der Waals surface area contributed by atoms with Crippen LogP contribution in [0.25, 0.3) is 11.3 Å². The molecule has 0 aliphatic rings. The topological polar surface area (TPSA) is 78.9 Å². The Kier molecular flexibility index (Phi) is 9.74. The first-order chi connectivity index (χ1) is 18.7. The van der Waals surface area contributed by atoms with Crippen LogP contribution in [0.5, 0.6) is 0 Å². The van der Waals surface area contributed by atoms with Gasteiger partial charge < -0.3 is 16.0 Å². The first-order valence-corrected chi connectivity index (χ1v) is 13.4. The van der Waals surface area contributed by atoms with Crippen molar-refractivity contribution in [2.45, 2.75) is 39.4 Å². The number of nitrogens with zero attached hydrogens (tertiary/aromatic N) is 2. The molecule has 1 amide bonds. The minimum atomic E-state index is -0.548. The maximum Gasteiger partial charge on any atom is 0.242 e. The molecule has 39 heavy (non-hydrogen) atoms. The molecule has 3 aromatic carbocycles. The lowest BCUT2D eigenvalue weighted by atomic mass is 10.0. The van der Waals surface area contributed by atoms with Crippen molar-refractivity contribution in [3.05, 3.63) is 106 Å². The number of benzene rings is 3. The van der Waals surface area contributed by atoms with E-state index in [0.717, 1.165) is 11.1 Å². The summed E-state index contributed by atoms with van der Waals surface area (Å²) in [7, 11) is 0. The first kappa shape index (κ1) is 28.3. The van der Waals surface area contributed by atoms with Crippen molar-refractivity contribution in [3.63, 3.8) is 0 Å². The second kappa shape index (κ2) is 13.4. The van der Waals surface area contributed by atoms with E-state index < -0.39 is 6.04 Å². The Morgan fingerprint density at radius 1 is 0.872 bits per heavy atom. The summed E-state index contributed by atoms with van der Waals surface area (Å²) >= 11 is 12.1. The Morgan fingerprint density at radius 3 is 2.36 bits per heavy atom. The predicted octanol–water partition coefficient (Wildman–Crippen LogP) is 7.34. The molecule has 9 heteroatoms. The van der Waals surface area contributed by atoms with E-state index in [9.17, 15) is 9.18 Å². The van der Waals surface area contributed by atoms with E-state index in [1.165, 1.54) is 12.1 Å². The van der Waals surface area contributed by atoms with Gasteiger partial charge >= 0.3 is 0 Å². The van der Waals surface area contributed by atoms with Crippen LogP contribution in [0.15, 0.2) is 78.9 Å². The quantitative estimate of drug-likeness (QED) is 0.177. The summed E-state index contributed by atoms with van der Waals surface area (Å²) in [5.74, 6) is 0.509. The molecular weight excluding hydrogens is 536 g/mol. The number of anilines is 2. The van der Waals surface area contributed by atoms with Crippen molar-refractivity contribution in [2.24, 2.45) is 5.92 Å². The zero-order valence-corrected chi connectivity index (χ0v) is 23.2. The number of nitrogens with one attached hydrogen (secondary N) is 3. The molecule has 6 nitrogen and oxygen atoms in total. The van der Waals surface area contributed by atoms with Crippen LogP contribution in [0.3, 0.4) is 0 Å². The molecule has 0 saturated heterocycles. The Morgan fingerprint density at radius 2 is 1.64 bits per heavy atom. The highest BCUT2D eigenvalue weighted by Gasteiger charge is 2.21. The Balaban J connectivity index is 1.58. The number of carbonyl (C=O) groups is 1. The number of hydrogen-bond donors (Lipinski definition) is 3. The molecule has 4 rings (SSSR count). The van der Waals surface area contributed by atoms with E-state index in [1.807, 2.05) is 30.3 Å². The Bertz CT molecular complexity index is 1410. The summed E-state index contributed by atoms with van der Waals surface area (Å²) in [5, 5.41) is 10.8. The molecule has 4 aromatic rings. The van der Waals surface area contributed by atoms with Crippen molar-refractivity contribution < 1.29 is 9.18 Å². The van der Waals surface area contributed by atoms with Gasteiger partial charge in [0.15, 0.2) is 0 Å². The largest absolute Gasteiger partial charge is 0.358 e. The summed E-state index contributed by atoms with van der Waals surface area (Å²) < 4.78 is 14.0. The van der Waals surface area contributed by atoms with E-state index in [1.54, 1.807) is 36.4 Å². The Labute approximate surface area is 238 Å². The maximum atomic E-state index is 14.0. The van der Waals surface area contributed by atoms with Crippen molar-refractivity contribution >= 4 is 40.9 Å². The van der Waals surface area contributed by atoms with Crippen LogP contribution in [-0.4, -0.2) is 21.9 Å². The highest BCUT2D eigenvalue weighted by Crippen LogP contribution is 2.24. The van der Waals surface area contributed by atoms with Crippen molar-refractivity contribution in [1.82, 2.24) is 15.3 Å². The molecule has 0 aliphatic heterocycles. The monoisotopic (exact) mass is 565 g/mol. The highest BCUT2D eigenvalue weighted by molar-refractivity contribution is 6.30. The molecule has 0 bridgehead atoms. The number of aromatic nitrogens is 2. The number of halogens is 3. The van der Waals surface area contributed by atoms with E-state index in [4.69, 9.17) is 23.2 Å². The van der Waals surface area contributed by atoms with Crippen molar-refractivity contribution in [2.75, 3.05) is 10.6 Å². The fraction of sp³-hybridized carbons (Fsp3) is 0.233. The zero-order chi connectivity index (χ0) is 27.8. The van der Waals surface area contributed by atoms with E-state index >= 15 is 0 Å². The fourth-order valence-electron chi connectivity index (χ4n) is 4.02. The molecule has 0 radical (unpaired) electrons. The van der Waals surface area contributed by atoms with E-state index in [0.29, 0.717) is 52.6 Å². The lowest BCUT2D eigenvalue weighted by molar-refractivity contribution is -0.122. The van der Waals surface area contributed by atoms with Gasteiger partial charge in [0, 0.05) is 34.8 Å². The van der Waals surface area contributed by atoms with Gasteiger partial charge in [0.05, 0.1) is 5.69 Å².